The van der Waals surface area contributed by atoms with E-state index in [0.29, 0.717) is 0 Å². The van der Waals surface area contributed by atoms with Gasteiger partial charge in [0, 0.05) is 32.4 Å². The molecule has 36 heavy (non-hydrogen) atoms. The molecule has 2 N–H and O–H groups in total. The summed E-state index contributed by atoms with van der Waals surface area (Å²) in [5.74, 6) is 0. The van der Waals surface area contributed by atoms with Crippen molar-refractivity contribution < 1.29 is 16.8 Å². The summed E-state index contributed by atoms with van der Waals surface area (Å²) in [7, 11) is -6.43. The van der Waals surface area contributed by atoms with E-state index in [9.17, 15) is 16.8 Å². The van der Waals surface area contributed by atoms with E-state index < -0.39 is 20.0 Å². The maximum atomic E-state index is 13.4. The van der Waals surface area contributed by atoms with E-state index in [1.54, 1.807) is 54.6 Å². The fraction of sp³-hybridized carbons (Fsp3) is 0.280. The number of nitrogens with one attached hydrogen (secondary N) is 2. The van der Waals surface area contributed by atoms with E-state index in [-0.39, 0.29) is 33.6 Å². The first-order chi connectivity index (χ1) is 16.7. The lowest BCUT2D eigenvalue weighted by Gasteiger charge is -2.27. The van der Waals surface area contributed by atoms with Gasteiger partial charge in [0.2, 0.25) is 0 Å². The third-order valence-corrected chi connectivity index (χ3v) is 9.17. The standard InChI is InChI=1S/C25H30N4O4S2.ClH/c1-20-9-12-23(13-10-20)35(32,33)28(2)25-14-11-21(29-17-6-15-26-16-18-29)19-24(25)27-34(30,31)22-7-4-3-5-8-22;/h3-5,7-14,19,26-27H,6,15-18H2,1-2H3;1H. The van der Waals surface area contributed by atoms with Gasteiger partial charge in [-0.3, -0.25) is 9.03 Å². The van der Waals surface area contributed by atoms with Crippen molar-refractivity contribution in [3.63, 3.8) is 0 Å². The van der Waals surface area contributed by atoms with Gasteiger partial charge in [0.15, 0.2) is 0 Å². The molecule has 0 bridgehead atoms. The number of hydrogen-bond acceptors (Lipinski definition) is 6. The smallest absolute Gasteiger partial charge is 0.264 e. The molecule has 0 saturated carbocycles. The molecule has 0 unspecified atom stereocenters. The van der Waals surface area contributed by atoms with Crippen LogP contribution in [0.2, 0.25) is 0 Å². The highest BCUT2D eigenvalue weighted by molar-refractivity contribution is 7.93. The molecule has 11 heteroatoms. The molecule has 0 amide bonds. The molecule has 3 aromatic carbocycles. The number of anilines is 3. The first-order valence-electron chi connectivity index (χ1n) is 11.4. The number of nitrogens with zero attached hydrogens (tertiary/aromatic N) is 2. The predicted octanol–water partition coefficient (Wildman–Crippen LogP) is 3.84. The minimum absolute atomic E-state index is 0. The molecule has 4 rings (SSSR count). The van der Waals surface area contributed by atoms with Crippen LogP contribution >= 0.6 is 12.4 Å². The zero-order valence-electron chi connectivity index (χ0n) is 20.2. The lowest BCUT2D eigenvalue weighted by Crippen LogP contribution is -2.29. The molecule has 1 aliphatic heterocycles. The Morgan fingerprint density at radius 3 is 2.25 bits per heavy atom. The maximum absolute atomic E-state index is 13.4. The summed E-state index contributed by atoms with van der Waals surface area (Å²) < 4.78 is 56.9. The van der Waals surface area contributed by atoms with Gasteiger partial charge in [-0.25, -0.2) is 16.8 Å². The zero-order chi connectivity index (χ0) is 25.1. The fourth-order valence-corrected chi connectivity index (χ4v) is 6.28. The molecule has 3 aromatic rings. The van der Waals surface area contributed by atoms with Crippen LogP contribution in [0.15, 0.2) is 82.6 Å². The molecule has 0 atom stereocenters. The Morgan fingerprint density at radius 2 is 1.56 bits per heavy atom. The Labute approximate surface area is 219 Å². The highest BCUT2D eigenvalue weighted by Gasteiger charge is 2.26. The second-order valence-electron chi connectivity index (χ2n) is 8.50. The first-order valence-corrected chi connectivity index (χ1v) is 14.3. The van der Waals surface area contributed by atoms with Crippen molar-refractivity contribution >= 4 is 49.5 Å². The highest BCUT2D eigenvalue weighted by atomic mass is 35.5. The summed E-state index contributed by atoms with van der Waals surface area (Å²) in [5.41, 5.74) is 2.20. The van der Waals surface area contributed by atoms with Crippen molar-refractivity contribution in [2.24, 2.45) is 0 Å². The average Bonchev–Trinajstić information content (AvgIpc) is 3.14. The average molecular weight is 551 g/mol. The van der Waals surface area contributed by atoms with Gasteiger partial charge >= 0.3 is 0 Å². The Bertz CT molecular complexity index is 1380. The third kappa shape index (κ3) is 6.12. The molecule has 0 radical (unpaired) electrons. The fourth-order valence-electron chi connectivity index (χ4n) is 3.98. The van der Waals surface area contributed by atoms with E-state index in [0.717, 1.165) is 48.2 Å². The maximum Gasteiger partial charge on any atom is 0.264 e. The Balaban J connectivity index is 0.00000361. The van der Waals surface area contributed by atoms with Crippen molar-refractivity contribution in [1.82, 2.24) is 5.32 Å². The number of hydrogen-bond donors (Lipinski definition) is 2. The van der Waals surface area contributed by atoms with E-state index >= 15 is 0 Å². The van der Waals surface area contributed by atoms with E-state index in [2.05, 4.69) is 14.9 Å². The van der Waals surface area contributed by atoms with Crippen LogP contribution < -0.4 is 19.2 Å². The van der Waals surface area contributed by atoms with Crippen molar-refractivity contribution in [1.29, 1.82) is 0 Å². The van der Waals surface area contributed by atoms with Crippen molar-refractivity contribution in [2.45, 2.75) is 23.1 Å². The van der Waals surface area contributed by atoms with Crippen LogP contribution in [0.3, 0.4) is 0 Å². The van der Waals surface area contributed by atoms with Crippen molar-refractivity contribution in [3.8, 4) is 0 Å². The Morgan fingerprint density at radius 1 is 0.861 bits per heavy atom. The molecule has 194 valence electrons. The second-order valence-corrected chi connectivity index (χ2v) is 12.1. The minimum Gasteiger partial charge on any atom is -0.370 e. The van der Waals surface area contributed by atoms with Crippen LogP contribution in [-0.2, 0) is 20.0 Å². The van der Waals surface area contributed by atoms with Gasteiger partial charge in [-0.2, -0.15) is 0 Å². The van der Waals surface area contributed by atoms with E-state index in [1.807, 2.05) is 13.0 Å². The van der Waals surface area contributed by atoms with Gasteiger partial charge in [0.05, 0.1) is 21.2 Å². The summed E-state index contributed by atoms with van der Waals surface area (Å²) in [5, 5.41) is 3.35. The molecular weight excluding hydrogens is 520 g/mol. The molecule has 1 saturated heterocycles. The van der Waals surface area contributed by atoms with Gasteiger partial charge < -0.3 is 10.2 Å². The largest absolute Gasteiger partial charge is 0.370 e. The normalized spacial score (nSPS) is 14.4. The lowest BCUT2D eigenvalue weighted by atomic mass is 10.2. The second kappa shape index (κ2) is 11.5. The molecule has 0 spiro atoms. The van der Waals surface area contributed by atoms with E-state index in [4.69, 9.17) is 0 Å². The van der Waals surface area contributed by atoms with Crippen LogP contribution in [0.4, 0.5) is 17.1 Å². The monoisotopic (exact) mass is 550 g/mol. The first kappa shape index (κ1) is 27.8. The van der Waals surface area contributed by atoms with Crippen molar-refractivity contribution in [2.75, 3.05) is 47.2 Å². The Kier molecular flexibility index (Phi) is 8.89. The Hall–Kier alpha value is -2.79. The summed E-state index contributed by atoms with van der Waals surface area (Å²) in [4.78, 5) is 2.39. The molecule has 0 aromatic heterocycles. The molecule has 0 aliphatic carbocycles. The lowest BCUT2D eigenvalue weighted by molar-refractivity contribution is 0.593. The van der Waals surface area contributed by atoms with Gasteiger partial charge in [0.1, 0.15) is 0 Å². The quantitative estimate of drug-likeness (QED) is 0.464. The van der Waals surface area contributed by atoms with Crippen molar-refractivity contribution in [3.05, 3.63) is 78.4 Å². The van der Waals surface area contributed by atoms with Crippen LogP contribution in [-0.4, -0.2) is 50.1 Å². The van der Waals surface area contributed by atoms with Gasteiger partial charge in [0.25, 0.3) is 20.0 Å². The van der Waals surface area contributed by atoms with E-state index in [1.165, 1.54) is 19.2 Å². The minimum atomic E-state index is -3.94. The molecule has 1 fully saturated rings. The van der Waals surface area contributed by atoms with Gasteiger partial charge in [-0.15, -0.1) is 12.4 Å². The number of benzene rings is 3. The molecule has 8 nitrogen and oxygen atoms in total. The SMILES string of the molecule is Cc1ccc(S(=O)(=O)N(C)c2ccc(N3CCCNCC3)cc2NS(=O)(=O)c2ccccc2)cc1.Cl. The summed E-state index contributed by atoms with van der Waals surface area (Å²) in [6.07, 6.45) is 0.953. The number of halogens is 1. The van der Waals surface area contributed by atoms with Crippen LogP contribution in [0.25, 0.3) is 0 Å². The van der Waals surface area contributed by atoms with Crippen LogP contribution in [0, 0.1) is 6.92 Å². The molecule has 1 heterocycles. The highest BCUT2D eigenvalue weighted by Crippen LogP contribution is 2.35. The summed E-state index contributed by atoms with van der Waals surface area (Å²) in [6, 6.07) is 19.8. The number of rotatable bonds is 7. The van der Waals surface area contributed by atoms with Gasteiger partial charge in [-0.1, -0.05) is 35.9 Å². The van der Waals surface area contributed by atoms with Gasteiger partial charge in [-0.05, 0) is 62.4 Å². The topological polar surface area (TPSA) is 98.8 Å². The molecule has 1 aliphatic rings. The summed E-state index contributed by atoms with van der Waals surface area (Å²) in [6.45, 7) is 5.19. The van der Waals surface area contributed by atoms with Crippen LogP contribution in [0.5, 0.6) is 0 Å². The van der Waals surface area contributed by atoms with Crippen LogP contribution in [0.1, 0.15) is 12.0 Å². The predicted molar refractivity (Wildman–Crippen MR) is 147 cm³/mol. The summed E-state index contributed by atoms with van der Waals surface area (Å²) >= 11 is 0. The third-order valence-electron chi connectivity index (χ3n) is 6.00. The zero-order valence-corrected chi connectivity index (χ0v) is 22.7. The number of sulfonamides is 2. The molecular formula is C25H31ClN4O4S2. The number of aryl methyl sites for hydroxylation is 1.